The lowest BCUT2D eigenvalue weighted by Crippen LogP contribution is -2.25. The lowest BCUT2D eigenvalue weighted by Gasteiger charge is -2.13. The van der Waals surface area contributed by atoms with Gasteiger partial charge in [0.1, 0.15) is 17.9 Å². The highest BCUT2D eigenvalue weighted by molar-refractivity contribution is 6.30. The molecule has 2 amide bonds. The number of nitrogens with zero attached hydrogens (tertiary/aromatic N) is 3. The number of fused-ring (bicyclic) bond motifs is 1. The van der Waals surface area contributed by atoms with Gasteiger partial charge in [-0.15, -0.1) is 0 Å². The number of amides is 2. The van der Waals surface area contributed by atoms with E-state index in [1.807, 2.05) is 31.2 Å². The second kappa shape index (κ2) is 8.13. The molecule has 1 fully saturated rings. The molecule has 3 aromatic rings. The summed E-state index contributed by atoms with van der Waals surface area (Å²) in [6.07, 6.45) is 2.13. The third-order valence-corrected chi connectivity index (χ3v) is 5.14. The first-order chi connectivity index (χ1) is 14.0. The molecule has 0 bridgehead atoms. The third-order valence-electron chi connectivity index (χ3n) is 4.90. The van der Waals surface area contributed by atoms with E-state index in [0.717, 1.165) is 16.8 Å². The highest BCUT2D eigenvalue weighted by Crippen LogP contribution is 2.18. The van der Waals surface area contributed by atoms with Crippen LogP contribution in [0.2, 0.25) is 5.02 Å². The Morgan fingerprint density at radius 3 is 2.69 bits per heavy atom. The van der Waals surface area contributed by atoms with Gasteiger partial charge in [-0.05, 0) is 23.6 Å². The van der Waals surface area contributed by atoms with Gasteiger partial charge in [-0.25, -0.2) is 9.78 Å². The number of halogens is 1. The molecule has 1 aliphatic rings. The molecule has 1 aromatic carbocycles. The summed E-state index contributed by atoms with van der Waals surface area (Å²) in [4.78, 5) is 30.5. The topological polar surface area (TPSA) is 75.9 Å². The minimum Gasteiger partial charge on any atom is -0.448 e. The Hall–Kier alpha value is -3.06. The van der Waals surface area contributed by atoms with Gasteiger partial charge in [0.15, 0.2) is 0 Å². The molecule has 0 spiro atoms. The van der Waals surface area contributed by atoms with Crippen molar-refractivity contribution in [2.45, 2.75) is 26.4 Å². The summed E-state index contributed by atoms with van der Waals surface area (Å²) in [5.41, 5.74) is 3.91. The van der Waals surface area contributed by atoms with Crippen LogP contribution in [0.1, 0.15) is 34.2 Å². The fourth-order valence-corrected chi connectivity index (χ4v) is 3.53. The Bertz CT molecular complexity index is 1060. The lowest BCUT2D eigenvalue weighted by molar-refractivity contribution is 0.0944. The number of aromatic nitrogens is 2. The molecular weight excluding hydrogens is 392 g/mol. The standard InChI is InChI=1S/C21H21ClN4O3/c1-2-17-19(26-8-7-16(22)11-18(26)24-17)20(27)23-12-14-3-5-15(6-4-14)13-25-9-10-29-21(25)28/h3-8,11H,2,9-10,12-13H2,1H3,(H,23,27). The molecule has 0 saturated carbocycles. The minimum absolute atomic E-state index is 0.180. The summed E-state index contributed by atoms with van der Waals surface area (Å²) in [5.74, 6) is -0.180. The molecule has 29 heavy (non-hydrogen) atoms. The summed E-state index contributed by atoms with van der Waals surface area (Å²) in [6, 6.07) is 11.3. The van der Waals surface area contributed by atoms with Crippen LogP contribution in [-0.4, -0.2) is 39.4 Å². The molecule has 150 valence electrons. The molecule has 8 heteroatoms. The summed E-state index contributed by atoms with van der Waals surface area (Å²) < 4.78 is 6.70. The van der Waals surface area contributed by atoms with Crippen LogP contribution in [0, 0.1) is 0 Å². The van der Waals surface area contributed by atoms with Gasteiger partial charge in [-0.1, -0.05) is 42.8 Å². The normalized spacial score (nSPS) is 13.7. The summed E-state index contributed by atoms with van der Waals surface area (Å²) in [6.45, 7) is 3.94. The molecule has 2 aromatic heterocycles. The van der Waals surface area contributed by atoms with Gasteiger partial charge in [-0.2, -0.15) is 0 Å². The Labute approximate surface area is 173 Å². The Balaban J connectivity index is 1.43. The number of hydrogen-bond donors (Lipinski definition) is 1. The predicted octanol–water partition coefficient (Wildman–Crippen LogP) is 3.43. The zero-order chi connectivity index (χ0) is 20.4. The van der Waals surface area contributed by atoms with Gasteiger partial charge < -0.3 is 15.0 Å². The average molecular weight is 413 g/mol. The second-order valence-corrected chi connectivity index (χ2v) is 7.31. The van der Waals surface area contributed by atoms with Gasteiger partial charge in [0.25, 0.3) is 5.91 Å². The highest BCUT2D eigenvalue weighted by atomic mass is 35.5. The van der Waals surface area contributed by atoms with Crippen LogP contribution in [0.25, 0.3) is 5.65 Å². The molecule has 0 unspecified atom stereocenters. The molecule has 7 nitrogen and oxygen atoms in total. The van der Waals surface area contributed by atoms with Crippen molar-refractivity contribution in [1.29, 1.82) is 0 Å². The Morgan fingerprint density at radius 1 is 1.24 bits per heavy atom. The first kappa shape index (κ1) is 19.3. The van der Waals surface area contributed by atoms with Crippen molar-refractivity contribution in [3.63, 3.8) is 0 Å². The Kier molecular flexibility index (Phi) is 5.40. The molecule has 3 heterocycles. The Morgan fingerprint density at radius 2 is 2.00 bits per heavy atom. The number of carbonyl (C=O) groups is 2. The van der Waals surface area contributed by atoms with E-state index in [2.05, 4.69) is 10.3 Å². The fraction of sp³-hybridized carbons (Fsp3) is 0.286. The van der Waals surface area contributed by atoms with Crippen molar-refractivity contribution in [2.75, 3.05) is 13.2 Å². The molecule has 0 aliphatic carbocycles. The number of nitrogens with one attached hydrogen (secondary N) is 1. The largest absolute Gasteiger partial charge is 0.448 e. The number of rotatable bonds is 6. The molecule has 1 aliphatic heterocycles. The maximum Gasteiger partial charge on any atom is 0.410 e. The van der Waals surface area contributed by atoms with Crippen LogP contribution >= 0.6 is 11.6 Å². The van der Waals surface area contributed by atoms with Gasteiger partial charge in [0, 0.05) is 30.4 Å². The fourth-order valence-electron chi connectivity index (χ4n) is 3.37. The summed E-state index contributed by atoms with van der Waals surface area (Å²) in [5, 5.41) is 3.55. The number of ether oxygens (including phenoxy) is 1. The van der Waals surface area contributed by atoms with Crippen LogP contribution in [0.5, 0.6) is 0 Å². The molecule has 0 radical (unpaired) electrons. The van der Waals surface area contributed by atoms with Crippen molar-refractivity contribution in [3.8, 4) is 0 Å². The van der Waals surface area contributed by atoms with E-state index < -0.39 is 0 Å². The first-order valence-corrected chi connectivity index (χ1v) is 9.87. The molecular formula is C21H21ClN4O3. The van der Waals surface area contributed by atoms with E-state index in [4.69, 9.17) is 16.3 Å². The maximum absolute atomic E-state index is 12.8. The SMILES string of the molecule is CCc1nc2cc(Cl)ccn2c1C(=O)NCc1ccc(CN2CCOC2=O)cc1. The van der Waals surface area contributed by atoms with E-state index in [9.17, 15) is 9.59 Å². The number of cyclic esters (lactones) is 1. The van der Waals surface area contributed by atoms with Crippen LogP contribution in [0.3, 0.4) is 0 Å². The molecule has 1 N–H and O–H groups in total. The van der Waals surface area contributed by atoms with Gasteiger partial charge >= 0.3 is 6.09 Å². The van der Waals surface area contributed by atoms with Crippen LogP contribution in [0.15, 0.2) is 42.6 Å². The first-order valence-electron chi connectivity index (χ1n) is 9.49. The number of imidazole rings is 1. The summed E-state index contributed by atoms with van der Waals surface area (Å²) in [7, 11) is 0. The molecule has 1 saturated heterocycles. The number of aryl methyl sites for hydroxylation is 1. The zero-order valence-corrected chi connectivity index (χ0v) is 16.8. The summed E-state index contributed by atoms with van der Waals surface area (Å²) >= 11 is 6.04. The third kappa shape index (κ3) is 4.05. The van der Waals surface area contributed by atoms with Crippen LogP contribution in [-0.2, 0) is 24.2 Å². The van der Waals surface area contributed by atoms with Crippen LogP contribution < -0.4 is 5.32 Å². The van der Waals surface area contributed by atoms with E-state index >= 15 is 0 Å². The van der Waals surface area contributed by atoms with Crippen molar-refractivity contribution >= 4 is 29.2 Å². The van der Waals surface area contributed by atoms with Crippen molar-refractivity contribution in [1.82, 2.24) is 19.6 Å². The monoisotopic (exact) mass is 412 g/mol. The average Bonchev–Trinajstić information content (AvgIpc) is 3.29. The number of benzene rings is 1. The minimum atomic E-state index is -0.276. The predicted molar refractivity (Wildman–Crippen MR) is 109 cm³/mol. The molecule has 4 rings (SSSR count). The van der Waals surface area contributed by atoms with E-state index in [0.29, 0.717) is 49.0 Å². The molecule has 0 atom stereocenters. The quantitative estimate of drug-likeness (QED) is 0.673. The number of carbonyl (C=O) groups excluding carboxylic acids is 2. The van der Waals surface area contributed by atoms with E-state index in [1.54, 1.807) is 27.6 Å². The second-order valence-electron chi connectivity index (χ2n) is 6.87. The van der Waals surface area contributed by atoms with Gasteiger partial charge in [-0.3, -0.25) is 9.20 Å². The lowest BCUT2D eigenvalue weighted by atomic mass is 10.1. The number of hydrogen-bond acceptors (Lipinski definition) is 4. The maximum atomic E-state index is 12.8. The van der Waals surface area contributed by atoms with E-state index in [1.165, 1.54) is 0 Å². The highest BCUT2D eigenvalue weighted by Gasteiger charge is 2.22. The van der Waals surface area contributed by atoms with Crippen molar-refractivity contribution < 1.29 is 14.3 Å². The van der Waals surface area contributed by atoms with E-state index in [-0.39, 0.29) is 12.0 Å². The van der Waals surface area contributed by atoms with Crippen molar-refractivity contribution in [2.24, 2.45) is 0 Å². The van der Waals surface area contributed by atoms with Gasteiger partial charge in [0.05, 0.1) is 12.2 Å². The smallest absolute Gasteiger partial charge is 0.410 e. The van der Waals surface area contributed by atoms with Gasteiger partial charge in [0.2, 0.25) is 0 Å². The number of pyridine rings is 1. The van der Waals surface area contributed by atoms with Crippen molar-refractivity contribution in [3.05, 3.63) is 70.1 Å². The van der Waals surface area contributed by atoms with Crippen LogP contribution in [0.4, 0.5) is 4.79 Å². The zero-order valence-electron chi connectivity index (χ0n) is 16.0.